The standard InChI is InChI=1S/C15H24N2O2S/c1-3-16-20(18,19)15-11-7-6-10-14(15)17-12(2)13-8-4-5-9-13/h6-7,10-13,16-17H,3-5,8-9H2,1-2H3. The molecule has 0 heterocycles. The molecule has 0 saturated heterocycles. The van der Waals surface area contributed by atoms with Gasteiger partial charge in [-0.25, -0.2) is 13.1 Å². The summed E-state index contributed by atoms with van der Waals surface area (Å²) in [6.07, 6.45) is 5.04. The molecule has 2 N–H and O–H groups in total. The Hall–Kier alpha value is -1.07. The van der Waals surface area contributed by atoms with Crippen molar-refractivity contribution in [3.8, 4) is 0 Å². The number of sulfonamides is 1. The van der Waals surface area contributed by atoms with Crippen LogP contribution in [0, 0.1) is 5.92 Å². The number of para-hydroxylation sites is 1. The molecule has 1 saturated carbocycles. The van der Waals surface area contributed by atoms with Gasteiger partial charge < -0.3 is 5.32 Å². The minimum atomic E-state index is -3.42. The first-order chi connectivity index (χ1) is 9.54. The van der Waals surface area contributed by atoms with Crippen LogP contribution in [0.2, 0.25) is 0 Å². The molecule has 0 aliphatic heterocycles. The Kier molecular flexibility index (Phi) is 5.05. The number of nitrogens with one attached hydrogen (secondary N) is 2. The summed E-state index contributed by atoms with van der Waals surface area (Å²) in [4.78, 5) is 0.340. The van der Waals surface area contributed by atoms with Crippen LogP contribution in [0.4, 0.5) is 5.69 Å². The predicted octanol–water partition coefficient (Wildman–Crippen LogP) is 2.98. The van der Waals surface area contributed by atoms with Crippen LogP contribution in [0.15, 0.2) is 29.2 Å². The number of hydrogen-bond donors (Lipinski definition) is 2. The van der Waals surface area contributed by atoms with Crippen LogP contribution in [0.3, 0.4) is 0 Å². The maximum Gasteiger partial charge on any atom is 0.242 e. The fourth-order valence-electron chi connectivity index (χ4n) is 2.91. The third kappa shape index (κ3) is 3.52. The summed E-state index contributed by atoms with van der Waals surface area (Å²) < 4.78 is 27.0. The SMILES string of the molecule is CCNS(=O)(=O)c1ccccc1NC(C)C1CCCC1. The molecular formula is C15H24N2O2S. The van der Waals surface area contributed by atoms with E-state index in [1.807, 2.05) is 12.1 Å². The molecule has 112 valence electrons. The van der Waals surface area contributed by atoms with Gasteiger partial charge >= 0.3 is 0 Å². The van der Waals surface area contributed by atoms with E-state index in [0.717, 1.165) is 0 Å². The predicted molar refractivity (Wildman–Crippen MR) is 82.3 cm³/mol. The van der Waals surface area contributed by atoms with E-state index in [0.29, 0.717) is 29.1 Å². The summed E-state index contributed by atoms with van der Waals surface area (Å²) in [6, 6.07) is 7.43. The maximum atomic E-state index is 12.2. The number of anilines is 1. The molecular weight excluding hydrogens is 272 g/mol. The fraction of sp³-hybridized carbons (Fsp3) is 0.600. The van der Waals surface area contributed by atoms with Gasteiger partial charge in [0.05, 0.1) is 5.69 Å². The Bertz CT molecular complexity index is 537. The van der Waals surface area contributed by atoms with Crippen LogP contribution in [0.25, 0.3) is 0 Å². The van der Waals surface area contributed by atoms with Gasteiger partial charge in [-0.2, -0.15) is 0 Å². The van der Waals surface area contributed by atoms with E-state index in [2.05, 4.69) is 17.0 Å². The third-order valence-corrected chi connectivity index (χ3v) is 5.60. The molecule has 20 heavy (non-hydrogen) atoms. The molecule has 0 aromatic heterocycles. The second-order valence-corrected chi connectivity index (χ2v) is 7.21. The van der Waals surface area contributed by atoms with E-state index in [1.165, 1.54) is 25.7 Å². The lowest BCUT2D eigenvalue weighted by Crippen LogP contribution is -2.27. The largest absolute Gasteiger partial charge is 0.381 e. The average molecular weight is 296 g/mol. The van der Waals surface area contributed by atoms with Gasteiger partial charge in [-0.3, -0.25) is 0 Å². The van der Waals surface area contributed by atoms with E-state index >= 15 is 0 Å². The molecule has 1 aromatic carbocycles. The van der Waals surface area contributed by atoms with Gasteiger partial charge in [0.25, 0.3) is 0 Å². The van der Waals surface area contributed by atoms with E-state index in [4.69, 9.17) is 0 Å². The molecule has 5 heteroatoms. The van der Waals surface area contributed by atoms with Crippen LogP contribution in [-0.4, -0.2) is 21.0 Å². The number of benzene rings is 1. The summed E-state index contributed by atoms with van der Waals surface area (Å²) in [6.45, 7) is 4.33. The van der Waals surface area contributed by atoms with Crippen molar-refractivity contribution in [1.29, 1.82) is 0 Å². The normalized spacial score (nSPS) is 18.1. The minimum absolute atomic E-state index is 0.301. The Morgan fingerprint density at radius 2 is 1.90 bits per heavy atom. The van der Waals surface area contributed by atoms with Crippen molar-refractivity contribution in [2.45, 2.75) is 50.5 Å². The zero-order valence-corrected chi connectivity index (χ0v) is 13.0. The van der Waals surface area contributed by atoms with Gasteiger partial charge in [-0.15, -0.1) is 0 Å². The first kappa shape index (κ1) is 15.3. The monoisotopic (exact) mass is 296 g/mol. The van der Waals surface area contributed by atoms with Crippen LogP contribution in [0.5, 0.6) is 0 Å². The molecule has 0 amide bonds. The molecule has 0 spiro atoms. The first-order valence-corrected chi connectivity index (χ1v) is 8.88. The Labute approximate surface area is 122 Å². The topological polar surface area (TPSA) is 58.2 Å². The maximum absolute atomic E-state index is 12.2. The number of rotatable bonds is 6. The van der Waals surface area contributed by atoms with E-state index in [-0.39, 0.29) is 0 Å². The molecule has 1 atom stereocenters. The second kappa shape index (κ2) is 6.59. The van der Waals surface area contributed by atoms with Crippen LogP contribution >= 0.6 is 0 Å². The van der Waals surface area contributed by atoms with Gasteiger partial charge in [0.1, 0.15) is 4.90 Å². The van der Waals surface area contributed by atoms with Crippen LogP contribution < -0.4 is 10.0 Å². The summed E-state index contributed by atoms with van der Waals surface area (Å²) >= 11 is 0. The lowest BCUT2D eigenvalue weighted by Gasteiger charge is -2.23. The van der Waals surface area contributed by atoms with E-state index < -0.39 is 10.0 Å². The molecule has 1 unspecified atom stereocenters. The minimum Gasteiger partial charge on any atom is -0.381 e. The van der Waals surface area contributed by atoms with Crippen molar-refractivity contribution in [2.75, 3.05) is 11.9 Å². The van der Waals surface area contributed by atoms with Gasteiger partial charge in [0.2, 0.25) is 10.0 Å². The second-order valence-electron chi connectivity index (χ2n) is 5.48. The Balaban J connectivity index is 2.19. The van der Waals surface area contributed by atoms with Gasteiger partial charge in [-0.1, -0.05) is 31.9 Å². The van der Waals surface area contributed by atoms with Gasteiger partial charge in [-0.05, 0) is 37.8 Å². The highest BCUT2D eigenvalue weighted by molar-refractivity contribution is 7.89. The van der Waals surface area contributed by atoms with Crippen molar-refractivity contribution in [1.82, 2.24) is 4.72 Å². The van der Waals surface area contributed by atoms with Crippen LogP contribution in [-0.2, 0) is 10.0 Å². The smallest absolute Gasteiger partial charge is 0.242 e. The zero-order valence-electron chi connectivity index (χ0n) is 12.2. The lowest BCUT2D eigenvalue weighted by atomic mass is 9.99. The molecule has 1 aromatic rings. The summed E-state index contributed by atoms with van der Waals surface area (Å²) in [7, 11) is -3.42. The Morgan fingerprint density at radius 1 is 1.25 bits per heavy atom. The Morgan fingerprint density at radius 3 is 2.55 bits per heavy atom. The van der Waals surface area contributed by atoms with Gasteiger partial charge in [0.15, 0.2) is 0 Å². The highest BCUT2D eigenvalue weighted by Crippen LogP contribution is 2.30. The van der Waals surface area contributed by atoms with Crippen molar-refractivity contribution in [3.63, 3.8) is 0 Å². The molecule has 0 bridgehead atoms. The first-order valence-electron chi connectivity index (χ1n) is 7.40. The molecule has 1 aliphatic rings. The lowest BCUT2D eigenvalue weighted by molar-refractivity contribution is 0.481. The van der Waals surface area contributed by atoms with Crippen LogP contribution in [0.1, 0.15) is 39.5 Å². The summed E-state index contributed by atoms with van der Waals surface area (Å²) in [5, 5.41) is 3.40. The van der Waals surface area contributed by atoms with Crippen molar-refractivity contribution >= 4 is 15.7 Å². The zero-order chi connectivity index (χ0) is 14.6. The third-order valence-electron chi connectivity index (χ3n) is 4.00. The summed E-state index contributed by atoms with van der Waals surface area (Å²) in [5.41, 5.74) is 0.702. The summed E-state index contributed by atoms with van der Waals surface area (Å²) in [5.74, 6) is 0.643. The number of hydrogen-bond acceptors (Lipinski definition) is 3. The highest BCUT2D eigenvalue weighted by atomic mass is 32.2. The molecule has 1 fully saturated rings. The fourth-order valence-corrected chi connectivity index (χ4v) is 4.12. The van der Waals surface area contributed by atoms with Crippen molar-refractivity contribution < 1.29 is 8.42 Å². The molecule has 2 rings (SSSR count). The van der Waals surface area contributed by atoms with Crippen molar-refractivity contribution in [3.05, 3.63) is 24.3 Å². The van der Waals surface area contributed by atoms with E-state index in [9.17, 15) is 8.42 Å². The molecule has 1 aliphatic carbocycles. The molecule has 4 nitrogen and oxygen atoms in total. The van der Waals surface area contributed by atoms with Crippen molar-refractivity contribution in [2.24, 2.45) is 5.92 Å². The average Bonchev–Trinajstić information content (AvgIpc) is 2.93. The van der Waals surface area contributed by atoms with E-state index in [1.54, 1.807) is 19.1 Å². The highest BCUT2D eigenvalue weighted by Gasteiger charge is 2.23. The molecule has 0 radical (unpaired) electrons. The van der Waals surface area contributed by atoms with Gasteiger partial charge in [0, 0.05) is 12.6 Å². The quantitative estimate of drug-likeness (QED) is 0.848.